The molecule has 3 aromatic rings. The summed E-state index contributed by atoms with van der Waals surface area (Å²) in [5.41, 5.74) is 4.85. The van der Waals surface area contributed by atoms with Crippen LogP contribution in [0.5, 0.6) is 11.5 Å². The number of aliphatic imine (C=N–C) groups is 1. The summed E-state index contributed by atoms with van der Waals surface area (Å²) in [6.07, 6.45) is 1.74. The van der Waals surface area contributed by atoms with Crippen molar-refractivity contribution in [2.24, 2.45) is 4.99 Å². The maximum Gasteiger partial charge on any atom is 0.339 e. The van der Waals surface area contributed by atoms with Crippen molar-refractivity contribution in [3.8, 4) is 11.5 Å². The lowest BCUT2D eigenvalue weighted by Gasteiger charge is -2.14. The summed E-state index contributed by atoms with van der Waals surface area (Å²) >= 11 is 2.05. The van der Waals surface area contributed by atoms with E-state index in [0.29, 0.717) is 15.9 Å². The lowest BCUT2D eigenvalue weighted by molar-refractivity contribution is 0.327. The molecular formula is C24H24INO4S. The summed E-state index contributed by atoms with van der Waals surface area (Å²) in [6.45, 7) is 8.13. The Bertz CT molecular complexity index is 1220. The highest BCUT2D eigenvalue weighted by molar-refractivity contribution is 14.1. The first-order valence-electron chi connectivity index (χ1n) is 9.78. The van der Waals surface area contributed by atoms with E-state index < -0.39 is 10.1 Å². The number of hydrogen-bond donors (Lipinski definition) is 0. The molecule has 0 spiro atoms. The molecule has 0 amide bonds. The molecule has 31 heavy (non-hydrogen) atoms. The minimum atomic E-state index is -3.99. The Labute approximate surface area is 197 Å². The van der Waals surface area contributed by atoms with Crippen molar-refractivity contribution in [3.63, 3.8) is 0 Å². The van der Waals surface area contributed by atoms with Crippen molar-refractivity contribution in [2.45, 2.75) is 32.6 Å². The Morgan fingerprint density at radius 3 is 2.32 bits per heavy atom. The fourth-order valence-electron chi connectivity index (χ4n) is 2.87. The summed E-state index contributed by atoms with van der Waals surface area (Å²) in [7, 11) is -3.99. The molecule has 0 radical (unpaired) electrons. The van der Waals surface area contributed by atoms with E-state index in [-0.39, 0.29) is 10.6 Å². The molecule has 0 atom stereocenters. The number of halogens is 1. The molecule has 0 heterocycles. The number of benzene rings is 3. The van der Waals surface area contributed by atoms with Crippen LogP contribution in [-0.4, -0.2) is 21.2 Å². The summed E-state index contributed by atoms with van der Waals surface area (Å²) in [5.74, 6) is 0.527. The lowest BCUT2D eigenvalue weighted by Crippen LogP contribution is -2.12. The average Bonchev–Trinajstić information content (AvgIpc) is 2.71. The molecule has 0 aliphatic heterocycles. The molecule has 0 unspecified atom stereocenters. The third-order valence-corrected chi connectivity index (χ3v) is 6.59. The summed E-state index contributed by atoms with van der Waals surface area (Å²) in [4.78, 5) is 4.69. The number of rotatable bonds is 7. The molecule has 0 saturated carbocycles. The Hall–Kier alpha value is -2.39. The van der Waals surface area contributed by atoms with Gasteiger partial charge in [0.2, 0.25) is 0 Å². The summed E-state index contributed by atoms with van der Waals surface area (Å²) in [6, 6.07) is 16.2. The molecule has 0 aliphatic carbocycles. The molecule has 0 bridgehead atoms. The van der Waals surface area contributed by atoms with Gasteiger partial charge in [0, 0.05) is 6.21 Å². The lowest BCUT2D eigenvalue weighted by atomic mass is 10.1. The quantitative estimate of drug-likeness (QED) is 0.202. The minimum absolute atomic E-state index is 0.0944. The monoisotopic (exact) mass is 549 g/mol. The van der Waals surface area contributed by atoms with Crippen LogP contribution in [0.1, 0.15) is 29.2 Å². The van der Waals surface area contributed by atoms with Crippen molar-refractivity contribution in [1.82, 2.24) is 0 Å². The van der Waals surface area contributed by atoms with Crippen LogP contribution in [0.2, 0.25) is 0 Å². The predicted octanol–water partition coefficient (Wildman–Crippen LogP) is 6.13. The number of aryl methyl sites for hydroxylation is 3. The molecule has 5 nitrogen and oxygen atoms in total. The smallest absolute Gasteiger partial charge is 0.339 e. The topological polar surface area (TPSA) is 65.0 Å². The first-order chi connectivity index (χ1) is 14.7. The fraction of sp³-hybridized carbons (Fsp3) is 0.208. The van der Waals surface area contributed by atoms with Crippen LogP contribution in [0.4, 0.5) is 5.69 Å². The fourth-order valence-corrected chi connectivity index (χ4v) is 4.71. The second-order valence-electron chi connectivity index (χ2n) is 7.16. The number of hydrogen-bond acceptors (Lipinski definition) is 5. The second-order valence-corrected chi connectivity index (χ2v) is 9.87. The molecule has 0 N–H and O–H groups in total. The van der Waals surface area contributed by atoms with Gasteiger partial charge in [-0.15, -0.1) is 0 Å². The van der Waals surface area contributed by atoms with Gasteiger partial charge in [-0.1, -0.05) is 29.8 Å². The van der Waals surface area contributed by atoms with Gasteiger partial charge in [-0.2, -0.15) is 8.42 Å². The van der Waals surface area contributed by atoms with Gasteiger partial charge in [-0.05, 0) is 97.3 Å². The van der Waals surface area contributed by atoms with Crippen LogP contribution < -0.4 is 8.92 Å². The number of ether oxygens (including phenoxy) is 1. The van der Waals surface area contributed by atoms with Gasteiger partial charge in [0.05, 0.1) is 15.9 Å². The van der Waals surface area contributed by atoms with Gasteiger partial charge in [-0.25, -0.2) is 0 Å². The van der Waals surface area contributed by atoms with Crippen molar-refractivity contribution < 1.29 is 17.3 Å². The first-order valence-corrected chi connectivity index (χ1v) is 12.3. The predicted molar refractivity (Wildman–Crippen MR) is 132 cm³/mol. The molecule has 0 saturated heterocycles. The van der Waals surface area contributed by atoms with Crippen LogP contribution in [0, 0.1) is 24.3 Å². The maximum absolute atomic E-state index is 12.8. The zero-order valence-electron chi connectivity index (χ0n) is 17.8. The van der Waals surface area contributed by atoms with E-state index in [2.05, 4.69) is 27.6 Å². The van der Waals surface area contributed by atoms with Crippen LogP contribution in [0.3, 0.4) is 0 Å². The second kappa shape index (κ2) is 9.82. The van der Waals surface area contributed by atoms with Gasteiger partial charge >= 0.3 is 10.1 Å². The Kier molecular flexibility index (Phi) is 7.38. The van der Waals surface area contributed by atoms with Gasteiger partial charge in [0.25, 0.3) is 0 Å². The SMILES string of the molecule is CCOc1cc(C=Nc2cc(C)ccc2C)cc(I)c1OS(=O)(=O)c1ccc(C)cc1. The Morgan fingerprint density at radius 1 is 0.968 bits per heavy atom. The maximum atomic E-state index is 12.8. The van der Waals surface area contributed by atoms with Crippen LogP contribution in [-0.2, 0) is 10.1 Å². The van der Waals surface area contributed by atoms with E-state index in [9.17, 15) is 8.42 Å². The van der Waals surface area contributed by atoms with Gasteiger partial charge in [0.1, 0.15) is 4.90 Å². The van der Waals surface area contributed by atoms with E-state index in [0.717, 1.165) is 27.9 Å². The van der Waals surface area contributed by atoms with Crippen molar-refractivity contribution in [2.75, 3.05) is 6.61 Å². The van der Waals surface area contributed by atoms with E-state index in [1.165, 1.54) is 12.1 Å². The molecule has 0 aromatic heterocycles. The molecule has 0 aliphatic rings. The zero-order valence-corrected chi connectivity index (χ0v) is 20.8. The van der Waals surface area contributed by atoms with E-state index >= 15 is 0 Å². The van der Waals surface area contributed by atoms with Gasteiger partial charge in [-0.3, -0.25) is 4.99 Å². The third kappa shape index (κ3) is 5.86. The highest BCUT2D eigenvalue weighted by Gasteiger charge is 2.22. The van der Waals surface area contributed by atoms with E-state index in [1.807, 2.05) is 52.0 Å². The summed E-state index contributed by atoms with van der Waals surface area (Å²) < 4.78 is 37.4. The van der Waals surface area contributed by atoms with Crippen molar-refractivity contribution in [3.05, 3.63) is 80.4 Å². The van der Waals surface area contributed by atoms with Gasteiger partial charge < -0.3 is 8.92 Å². The Balaban J connectivity index is 1.96. The molecule has 0 fully saturated rings. The van der Waals surface area contributed by atoms with E-state index in [1.54, 1.807) is 24.4 Å². The van der Waals surface area contributed by atoms with Crippen molar-refractivity contribution >= 4 is 44.6 Å². The van der Waals surface area contributed by atoms with Crippen LogP contribution in [0.25, 0.3) is 0 Å². The molecule has 162 valence electrons. The zero-order chi connectivity index (χ0) is 22.6. The molecule has 3 aromatic carbocycles. The Morgan fingerprint density at radius 2 is 1.65 bits per heavy atom. The number of nitrogens with zero attached hydrogens (tertiary/aromatic N) is 1. The molecular weight excluding hydrogens is 525 g/mol. The van der Waals surface area contributed by atoms with Crippen LogP contribution >= 0.6 is 22.6 Å². The van der Waals surface area contributed by atoms with Crippen LogP contribution in [0.15, 0.2) is 64.5 Å². The van der Waals surface area contributed by atoms with Gasteiger partial charge in [0.15, 0.2) is 11.5 Å². The average molecular weight is 549 g/mol. The molecule has 7 heteroatoms. The standard InChI is InChI=1S/C24H24INO4S/c1-5-29-23-14-19(15-26-22-12-17(3)6-9-18(22)4)13-21(25)24(23)30-31(27,28)20-10-7-16(2)8-11-20/h6-15H,5H2,1-4H3. The normalized spacial score (nSPS) is 11.6. The highest BCUT2D eigenvalue weighted by Crippen LogP contribution is 2.36. The highest BCUT2D eigenvalue weighted by atomic mass is 127. The van der Waals surface area contributed by atoms with Crippen molar-refractivity contribution in [1.29, 1.82) is 0 Å². The third-order valence-electron chi connectivity index (χ3n) is 4.55. The van der Waals surface area contributed by atoms with E-state index in [4.69, 9.17) is 8.92 Å². The largest absolute Gasteiger partial charge is 0.490 e. The minimum Gasteiger partial charge on any atom is -0.490 e. The first kappa shape index (κ1) is 23.3. The summed E-state index contributed by atoms with van der Waals surface area (Å²) in [5, 5.41) is 0. The molecule has 3 rings (SSSR count).